The van der Waals surface area contributed by atoms with Crippen molar-refractivity contribution in [3.63, 3.8) is 0 Å². The van der Waals surface area contributed by atoms with Gasteiger partial charge in [0.2, 0.25) is 0 Å². The minimum Gasteiger partial charge on any atom is -0.490 e. The number of hydrogen-bond donors (Lipinski definition) is 1. The van der Waals surface area contributed by atoms with Crippen molar-refractivity contribution >= 4 is 39.7 Å². The fourth-order valence-electron chi connectivity index (χ4n) is 2.68. The number of anilines is 1. The number of amides is 1. The molecule has 32 heavy (non-hydrogen) atoms. The summed E-state index contributed by atoms with van der Waals surface area (Å²) in [5.41, 5.74) is 0.717. The van der Waals surface area contributed by atoms with Crippen molar-refractivity contribution in [1.29, 1.82) is 5.26 Å². The number of nitrogens with one attached hydrogen (secondary N) is 1. The van der Waals surface area contributed by atoms with Crippen molar-refractivity contribution in [1.82, 2.24) is 5.16 Å². The van der Waals surface area contributed by atoms with Crippen molar-refractivity contribution in [2.24, 2.45) is 0 Å². The molecule has 8 nitrogen and oxygen atoms in total. The van der Waals surface area contributed by atoms with E-state index >= 15 is 0 Å². The average Bonchev–Trinajstić information content (AvgIpc) is 3.19. The Labute approximate surface area is 192 Å². The van der Waals surface area contributed by atoms with E-state index < -0.39 is 11.9 Å². The standard InChI is InChI=1S/C23H18BrN3O5/c1-3-30-19-12-15(10-17(13-25)22(28)26-20-9-14(2)32-27-20)11-18(24)21(19)31-23(29)16-7-5-4-6-8-16/h4-12H,3H2,1-2H3,(H,26,27,28)/b17-10-. The van der Waals surface area contributed by atoms with Crippen molar-refractivity contribution in [3.05, 3.63) is 75.5 Å². The molecule has 0 bridgehead atoms. The number of rotatable bonds is 7. The predicted octanol–water partition coefficient (Wildman–Crippen LogP) is 4.91. The summed E-state index contributed by atoms with van der Waals surface area (Å²) in [6.45, 7) is 3.78. The van der Waals surface area contributed by atoms with Crippen LogP contribution in [-0.4, -0.2) is 23.6 Å². The molecule has 0 atom stereocenters. The lowest BCUT2D eigenvalue weighted by molar-refractivity contribution is -0.112. The topological polar surface area (TPSA) is 114 Å². The summed E-state index contributed by atoms with van der Waals surface area (Å²) < 4.78 is 16.5. The number of ether oxygens (including phenoxy) is 2. The van der Waals surface area contributed by atoms with Crippen molar-refractivity contribution in [2.45, 2.75) is 13.8 Å². The number of aryl methyl sites for hydroxylation is 1. The second-order valence-corrected chi connectivity index (χ2v) is 7.32. The molecule has 0 aliphatic rings. The minimum atomic E-state index is -0.644. The van der Waals surface area contributed by atoms with E-state index in [9.17, 15) is 14.9 Å². The van der Waals surface area contributed by atoms with E-state index in [0.717, 1.165) is 0 Å². The predicted molar refractivity (Wildman–Crippen MR) is 120 cm³/mol. The smallest absolute Gasteiger partial charge is 0.343 e. The molecule has 0 aliphatic heterocycles. The number of nitriles is 1. The summed E-state index contributed by atoms with van der Waals surface area (Å²) >= 11 is 3.38. The highest BCUT2D eigenvalue weighted by Gasteiger charge is 2.18. The Bertz CT molecular complexity index is 1210. The molecule has 162 valence electrons. The first kappa shape index (κ1) is 22.8. The highest BCUT2D eigenvalue weighted by molar-refractivity contribution is 9.10. The summed E-state index contributed by atoms with van der Waals surface area (Å²) in [7, 11) is 0. The van der Waals surface area contributed by atoms with Gasteiger partial charge in [-0.05, 0) is 65.7 Å². The Balaban J connectivity index is 1.89. The monoisotopic (exact) mass is 495 g/mol. The summed E-state index contributed by atoms with van der Waals surface area (Å²) in [4.78, 5) is 24.9. The van der Waals surface area contributed by atoms with Gasteiger partial charge in [0.15, 0.2) is 17.3 Å². The van der Waals surface area contributed by atoms with Crippen LogP contribution in [0.5, 0.6) is 11.5 Å². The average molecular weight is 496 g/mol. The van der Waals surface area contributed by atoms with E-state index in [2.05, 4.69) is 26.4 Å². The van der Waals surface area contributed by atoms with Crippen LogP contribution in [0.15, 0.2) is 63.1 Å². The van der Waals surface area contributed by atoms with Crippen molar-refractivity contribution in [3.8, 4) is 17.6 Å². The summed E-state index contributed by atoms with van der Waals surface area (Å²) in [5.74, 6) is 0.00726. The second kappa shape index (κ2) is 10.4. The normalized spacial score (nSPS) is 10.9. The van der Waals surface area contributed by atoms with E-state index in [1.165, 1.54) is 12.1 Å². The lowest BCUT2D eigenvalue weighted by Gasteiger charge is -2.13. The van der Waals surface area contributed by atoms with Crippen LogP contribution < -0.4 is 14.8 Å². The Kier molecular flexibility index (Phi) is 7.41. The lowest BCUT2D eigenvalue weighted by atomic mass is 10.1. The largest absolute Gasteiger partial charge is 0.490 e. The fourth-order valence-corrected chi connectivity index (χ4v) is 3.22. The van der Waals surface area contributed by atoms with Crippen LogP contribution in [0.4, 0.5) is 5.82 Å². The summed E-state index contributed by atoms with van der Waals surface area (Å²) in [6.07, 6.45) is 1.39. The number of carbonyl (C=O) groups excluding carboxylic acids is 2. The molecule has 0 unspecified atom stereocenters. The Morgan fingerprint density at radius 1 is 1.25 bits per heavy atom. The number of esters is 1. The Morgan fingerprint density at radius 3 is 2.62 bits per heavy atom. The number of nitrogens with zero attached hydrogens (tertiary/aromatic N) is 2. The number of carbonyl (C=O) groups is 2. The molecule has 3 rings (SSSR count). The molecule has 0 saturated heterocycles. The second-order valence-electron chi connectivity index (χ2n) is 6.47. The van der Waals surface area contributed by atoms with E-state index in [0.29, 0.717) is 28.0 Å². The molecule has 0 spiro atoms. The third kappa shape index (κ3) is 5.62. The minimum absolute atomic E-state index is 0.158. The van der Waals surface area contributed by atoms with Gasteiger partial charge in [0.25, 0.3) is 5.91 Å². The van der Waals surface area contributed by atoms with Gasteiger partial charge in [-0.25, -0.2) is 4.79 Å². The quantitative estimate of drug-likeness (QED) is 0.214. The van der Waals surface area contributed by atoms with Gasteiger partial charge in [-0.3, -0.25) is 4.79 Å². The van der Waals surface area contributed by atoms with Crippen molar-refractivity contribution < 1.29 is 23.6 Å². The Morgan fingerprint density at radius 2 is 2.00 bits per heavy atom. The van der Waals surface area contributed by atoms with Gasteiger partial charge < -0.3 is 19.3 Å². The molecule has 0 saturated carbocycles. The maximum Gasteiger partial charge on any atom is 0.343 e. The maximum absolute atomic E-state index is 12.5. The van der Waals surface area contributed by atoms with Crippen LogP contribution in [0.25, 0.3) is 6.08 Å². The summed E-state index contributed by atoms with van der Waals surface area (Å²) in [5, 5.41) is 15.6. The SMILES string of the molecule is CCOc1cc(/C=C(/C#N)C(=O)Nc2cc(C)on2)cc(Br)c1OC(=O)c1ccccc1. The molecule has 1 amide bonds. The zero-order chi connectivity index (χ0) is 23.1. The van der Waals surface area contributed by atoms with Crippen LogP contribution in [0, 0.1) is 18.3 Å². The Hall–Kier alpha value is -3.90. The van der Waals surface area contributed by atoms with Gasteiger partial charge in [0.1, 0.15) is 17.4 Å². The van der Waals surface area contributed by atoms with Crippen molar-refractivity contribution in [2.75, 3.05) is 11.9 Å². The fraction of sp³-hybridized carbons (Fsp3) is 0.130. The molecule has 0 aliphatic carbocycles. The first-order valence-electron chi connectivity index (χ1n) is 9.51. The van der Waals surface area contributed by atoms with Crippen LogP contribution >= 0.6 is 15.9 Å². The molecule has 9 heteroatoms. The van der Waals surface area contributed by atoms with Crippen LogP contribution in [0.1, 0.15) is 28.6 Å². The molecule has 1 aromatic heterocycles. The highest BCUT2D eigenvalue weighted by atomic mass is 79.9. The molecule has 0 fully saturated rings. The molecule has 1 N–H and O–H groups in total. The van der Waals surface area contributed by atoms with E-state index in [4.69, 9.17) is 14.0 Å². The van der Waals surface area contributed by atoms with Crippen LogP contribution in [0.2, 0.25) is 0 Å². The van der Waals surface area contributed by atoms with E-state index in [1.54, 1.807) is 56.3 Å². The highest BCUT2D eigenvalue weighted by Crippen LogP contribution is 2.38. The molecule has 0 radical (unpaired) electrons. The third-order valence-corrected chi connectivity index (χ3v) is 4.67. The lowest BCUT2D eigenvalue weighted by Crippen LogP contribution is -2.13. The van der Waals surface area contributed by atoms with Gasteiger partial charge in [-0.1, -0.05) is 23.4 Å². The first-order valence-corrected chi connectivity index (χ1v) is 10.3. The third-order valence-electron chi connectivity index (χ3n) is 4.08. The molecule has 2 aromatic carbocycles. The van der Waals surface area contributed by atoms with Gasteiger partial charge in [-0.2, -0.15) is 5.26 Å². The molecule has 3 aromatic rings. The van der Waals surface area contributed by atoms with Crippen LogP contribution in [-0.2, 0) is 4.79 Å². The van der Waals surface area contributed by atoms with E-state index in [-0.39, 0.29) is 22.9 Å². The van der Waals surface area contributed by atoms with Gasteiger partial charge in [0, 0.05) is 6.07 Å². The number of halogens is 1. The van der Waals surface area contributed by atoms with E-state index in [1.807, 2.05) is 6.07 Å². The number of aromatic nitrogens is 1. The molecular formula is C23H18BrN3O5. The number of benzene rings is 2. The summed E-state index contributed by atoms with van der Waals surface area (Å²) in [6, 6.07) is 15.1. The zero-order valence-corrected chi connectivity index (χ0v) is 18.8. The number of hydrogen-bond acceptors (Lipinski definition) is 7. The van der Waals surface area contributed by atoms with Gasteiger partial charge in [0.05, 0.1) is 16.6 Å². The van der Waals surface area contributed by atoms with Gasteiger partial charge >= 0.3 is 5.97 Å². The van der Waals surface area contributed by atoms with Gasteiger partial charge in [-0.15, -0.1) is 0 Å². The van der Waals surface area contributed by atoms with Crippen LogP contribution in [0.3, 0.4) is 0 Å². The maximum atomic E-state index is 12.5. The first-order chi connectivity index (χ1) is 15.4. The molecular weight excluding hydrogens is 478 g/mol. The zero-order valence-electron chi connectivity index (χ0n) is 17.2. The molecule has 1 heterocycles.